The molecule has 0 unspecified atom stereocenters. The first kappa shape index (κ1) is 16.5. The molecule has 1 aromatic heterocycles. The number of carbonyl (C=O) groups is 2. The Morgan fingerprint density at radius 1 is 1.15 bits per heavy atom. The third-order valence-electron chi connectivity index (χ3n) is 6.00. The lowest BCUT2D eigenvalue weighted by Crippen LogP contribution is -2.33. The lowest BCUT2D eigenvalue weighted by atomic mass is 10.1. The maximum absolute atomic E-state index is 12.6. The predicted molar refractivity (Wildman–Crippen MR) is 99.1 cm³/mol. The van der Waals surface area contributed by atoms with E-state index in [0.29, 0.717) is 13.1 Å². The van der Waals surface area contributed by atoms with Gasteiger partial charge in [-0.3, -0.25) is 9.59 Å². The van der Waals surface area contributed by atoms with Crippen LogP contribution in [0.2, 0.25) is 0 Å². The molecule has 2 aromatic rings. The minimum atomic E-state index is -0.313. The molecular formula is C20H23N5O2. The van der Waals surface area contributed by atoms with Crippen molar-refractivity contribution in [2.75, 3.05) is 11.4 Å². The summed E-state index contributed by atoms with van der Waals surface area (Å²) in [6.07, 6.45) is 5.69. The number of aryl methyl sites for hydroxylation is 3. The molecule has 3 aliphatic rings. The molecule has 1 atom stereocenters. The van der Waals surface area contributed by atoms with Crippen molar-refractivity contribution in [2.24, 2.45) is 5.92 Å². The van der Waals surface area contributed by atoms with E-state index in [4.69, 9.17) is 0 Å². The second-order valence-electron chi connectivity index (χ2n) is 7.72. The van der Waals surface area contributed by atoms with Crippen LogP contribution in [0.25, 0.3) is 0 Å². The molecule has 2 aliphatic heterocycles. The number of aromatic nitrogens is 3. The Morgan fingerprint density at radius 2 is 2.04 bits per heavy atom. The van der Waals surface area contributed by atoms with Gasteiger partial charge in [0.15, 0.2) is 5.82 Å². The Morgan fingerprint density at radius 3 is 2.96 bits per heavy atom. The largest absolute Gasteiger partial charge is 0.348 e. The number of amides is 2. The van der Waals surface area contributed by atoms with Crippen LogP contribution >= 0.6 is 0 Å². The lowest BCUT2D eigenvalue weighted by Gasteiger charge is -2.18. The Kier molecular flexibility index (Phi) is 3.95. The van der Waals surface area contributed by atoms with Crippen molar-refractivity contribution in [1.29, 1.82) is 0 Å². The van der Waals surface area contributed by atoms with Crippen molar-refractivity contribution < 1.29 is 9.59 Å². The number of hydrogen-bond donors (Lipinski definition) is 1. The maximum Gasteiger partial charge on any atom is 0.227 e. The highest BCUT2D eigenvalue weighted by atomic mass is 16.2. The minimum absolute atomic E-state index is 0.0245. The van der Waals surface area contributed by atoms with Crippen molar-refractivity contribution in [3.63, 3.8) is 0 Å². The van der Waals surface area contributed by atoms with Crippen molar-refractivity contribution >= 4 is 17.5 Å². The van der Waals surface area contributed by atoms with Crippen LogP contribution in [0.3, 0.4) is 0 Å². The van der Waals surface area contributed by atoms with Gasteiger partial charge in [-0.05, 0) is 48.9 Å². The van der Waals surface area contributed by atoms with E-state index >= 15 is 0 Å². The van der Waals surface area contributed by atoms with Gasteiger partial charge in [0.25, 0.3) is 0 Å². The molecule has 2 amide bonds. The number of benzene rings is 1. The van der Waals surface area contributed by atoms with Crippen LogP contribution in [0.1, 0.15) is 42.0 Å². The first-order chi connectivity index (χ1) is 13.2. The van der Waals surface area contributed by atoms with Crippen LogP contribution in [0.5, 0.6) is 0 Å². The van der Waals surface area contributed by atoms with Gasteiger partial charge < -0.3 is 14.8 Å². The fourth-order valence-corrected chi connectivity index (χ4v) is 4.51. The van der Waals surface area contributed by atoms with Gasteiger partial charge in [-0.2, -0.15) is 0 Å². The van der Waals surface area contributed by atoms with Gasteiger partial charge in [0.2, 0.25) is 11.8 Å². The number of carbonyl (C=O) groups excluding carboxylic acids is 2. The average Bonchev–Trinajstić information content (AvgIpc) is 3.43. The third-order valence-corrected chi connectivity index (χ3v) is 6.00. The minimum Gasteiger partial charge on any atom is -0.348 e. The smallest absolute Gasteiger partial charge is 0.227 e. The molecule has 1 fully saturated rings. The molecular weight excluding hydrogens is 342 g/mol. The van der Waals surface area contributed by atoms with Crippen molar-refractivity contribution in [3.05, 3.63) is 41.0 Å². The monoisotopic (exact) mass is 365 g/mol. The molecule has 140 valence electrons. The number of nitrogens with one attached hydrogen (secondary N) is 1. The summed E-state index contributed by atoms with van der Waals surface area (Å²) >= 11 is 0. The van der Waals surface area contributed by atoms with E-state index in [9.17, 15) is 9.59 Å². The van der Waals surface area contributed by atoms with Crippen LogP contribution < -0.4 is 10.2 Å². The highest BCUT2D eigenvalue weighted by molar-refractivity contribution is 6.00. The zero-order valence-corrected chi connectivity index (χ0v) is 15.3. The summed E-state index contributed by atoms with van der Waals surface area (Å²) in [5, 5.41) is 11.3. The van der Waals surface area contributed by atoms with Gasteiger partial charge in [-0.25, -0.2) is 0 Å². The summed E-state index contributed by atoms with van der Waals surface area (Å²) in [4.78, 5) is 26.9. The molecule has 1 saturated heterocycles. The topological polar surface area (TPSA) is 80.1 Å². The molecule has 0 radical (unpaired) electrons. The zero-order chi connectivity index (χ0) is 18.4. The van der Waals surface area contributed by atoms with E-state index < -0.39 is 0 Å². The summed E-state index contributed by atoms with van der Waals surface area (Å²) in [7, 11) is 0. The molecule has 27 heavy (non-hydrogen) atoms. The van der Waals surface area contributed by atoms with Crippen molar-refractivity contribution in [3.8, 4) is 0 Å². The summed E-state index contributed by atoms with van der Waals surface area (Å²) in [6, 6.07) is 6.27. The average molecular weight is 365 g/mol. The van der Waals surface area contributed by atoms with E-state index in [1.807, 2.05) is 6.07 Å². The van der Waals surface area contributed by atoms with E-state index in [2.05, 4.69) is 32.2 Å². The van der Waals surface area contributed by atoms with E-state index in [-0.39, 0.29) is 24.2 Å². The number of fused-ring (bicyclic) bond motifs is 2. The standard InChI is InChI=1S/C20H23N5O2/c26-19-10-15(12-25(19)16-7-6-13-3-1-4-14(13)9-16)20(27)21-11-18-23-22-17-5-2-8-24(17)18/h6-7,9,15H,1-5,8,10-12H2,(H,21,27)/t15-/m0/s1. The van der Waals surface area contributed by atoms with Gasteiger partial charge in [-0.1, -0.05) is 6.07 Å². The van der Waals surface area contributed by atoms with Crippen molar-refractivity contribution in [2.45, 2.75) is 51.6 Å². The first-order valence-electron chi connectivity index (χ1n) is 9.80. The second-order valence-corrected chi connectivity index (χ2v) is 7.72. The first-order valence-corrected chi connectivity index (χ1v) is 9.80. The van der Waals surface area contributed by atoms with Crippen LogP contribution in [0.15, 0.2) is 18.2 Å². The van der Waals surface area contributed by atoms with Gasteiger partial charge in [-0.15, -0.1) is 10.2 Å². The fourth-order valence-electron chi connectivity index (χ4n) is 4.51. The van der Waals surface area contributed by atoms with Gasteiger partial charge in [0.1, 0.15) is 5.82 Å². The number of nitrogens with zero attached hydrogens (tertiary/aromatic N) is 4. The van der Waals surface area contributed by atoms with Gasteiger partial charge >= 0.3 is 0 Å². The molecule has 0 saturated carbocycles. The normalized spacial score (nSPS) is 20.8. The predicted octanol–water partition coefficient (Wildman–Crippen LogP) is 1.38. The fraction of sp³-hybridized carbons (Fsp3) is 0.500. The molecule has 3 heterocycles. The second kappa shape index (κ2) is 6.48. The highest BCUT2D eigenvalue weighted by Gasteiger charge is 2.35. The van der Waals surface area contributed by atoms with E-state index in [1.54, 1.807) is 4.90 Å². The molecule has 5 rings (SSSR count). The van der Waals surface area contributed by atoms with Crippen LogP contribution in [0.4, 0.5) is 5.69 Å². The Bertz CT molecular complexity index is 919. The Labute approximate surface area is 157 Å². The van der Waals surface area contributed by atoms with Gasteiger partial charge in [0, 0.05) is 31.6 Å². The number of anilines is 1. The zero-order valence-electron chi connectivity index (χ0n) is 15.3. The molecule has 1 aromatic carbocycles. The van der Waals surface area contributed by atoms with Crippen molar-refractivity contribution in [1.82, 2.24) is 20.1 Å². The SMILES string of the molecule is O=C(NCc1nnc2n1CCC2)[C@H]1CC(=O)N(c2ccc3c(c2)CCC3)C1. The quantitative estimate of drug-likeness (QED) is 0.888. The summed E-state index contributed by atoms with van der Waals surface area (Å²) in [6.45, 7) is 1.73. The van der Waals surface area contributed by atoms with E-state index in [0.717, 1.165) is 49.6 Å². The molecule has 1 N–H and O–H groups in total. The molecule has 7 nitrogen and oxygen atoms in total. The molecule has 0 bridgehead atoms. The van der Waals surface area contributed by atoms with Gasteiger partial charge in [0.05, 0.1) is 12.5 Å². The Hall–Kier alpha value is -2.70. The van der Waals surface area contributed by atoms with Crippen LogP contribution in [-0.4, -0.2) is 33.1 Å². The van der Waals surface area contributed by atoms with Crippen LogP contribution in [0, 0.1) is 5.92 Å². The van der Waals surface area contributed by atoms with E-state index in [1.165, 1.54) is 17.5 Å². The Balaban J connectivity index is 1.24. The third kappa shape index (κ3) is 2.91. The highest BCUT2D eigenvalue weighted by Crippen LogP contribution is 2.30. The lowest BCUT2D eigenvalue weighted by molar-refractivity contribution is -0.126. The maximum atomic E-state index is 12.6. The molecule has 7 heteroatoms. The molecule has 0 spiro atoms. The summed E-state index contributed by atoms with van der Waals surface area (Å²) in [5.74, 6) is 1.43. The van der Waals surface area contributed by atoms with Crippen LogP contribution in [-0.2, 0) is 41.9 Å². The number of hydrogen-bond acceptors (Lipinski definition) is 4. The summed E-state index contributed by atoms with van der Waals surface area (Å²) < 4.78 is 2.08. The number of rotatable bonds is 4. The molecule has 1 aliphatic carbocycles. The summed E-state index contributed by atoms with van der Waals surface area (Å²) in [5.41, 5.74) is 3.65.